The number of aromatic nitrogens is 2. The van der Waals surface area contributed by atoms with Crippen LogP contribution in [0.25, 0.3) is 0 Å². The van der Waals surface area contributed by atoms with Gasteiger partial charge in [-0.2, -0.15) is 0 Å². The van der Waals surface area contributed by atoms with Gasteiger partial charge in [0.2, 0.25) is 0 Å². The maximum Gasteiger partial charge on any atom is 0.270 e. The lowest BCUT2D eigenvalue weighted by molar-refractivity contribution is 0.0983. The molecular formula is C20H20ClN3O2S. The number of carbonyl (C=O) groups is 1. The Morgan fingerprint density at radius 2 is 2.00 bits per heavy atom. The van der Waals surface area contributed by atoms with Gasteiger partial charge < -0.3 is 9.64 Å². The summed E-state index contributed by atoms with van der Waals surface area (Å²) in [6.45, 7) is 6.10. The number of pyridine rings is 1. The van der Waals surface area contributed by atoms with E-state index in [9.17, 15) is 4.79 Å². The zero-order valence-electron chi connectivity index (χ0n) is 15.3. The molecule has 0 aliphatic rings. The second kappa shape index (κ2) is 8.50. The van der Waals surface area contributed by atoms with Gasteiger partial charge in [-0.15, -0.1) is 11.3 Å². The second-order valence-corrected chi connectivity index (χ2v) is 7.76. The fourth-order valence-electron chi connectivity index (χ4n) is 2.64. The molecule has 0 N–H and O–H groups in total. The molecule has 27 heavy (non-hydrogen) atoms. The van der Waals surface area contributed by atoms with Crippen LogP contribution in [0.4, 0.5) is 5.69 Å². The van der Waals surface area contributed by atoms with Gasteiger partial charge in [0.25, 0.3) is 5.91 Å². The van der Waals surface area contributed by atoms with Crippen molar-refractivity contribution >= 4 is 34.5 Å². The first-order valence-electron chi connectivity index (χ1n) is 8.54. The monoisotopic (exact) mass is 401 g/mol. The second-order valence-electron chi connectivity index (χ2n) is 6.24. The molecule has 0 bridgehead atoms. The van der Waals surface area contributed by atoms with E-state index < -0.39 is 0 Å². The van der Waals surface area contributed by atoms with Crippen LogP contribution in [-0.4, -0.2) is 21.9 Å². The normalized spacial score (nSPS) is 10.9. The minimum absolute atomic E-state index is 0.00281. The Bertz CT molecular complexity index is 911. The third-order valence-corrected chi connectivity index (χ3v) is 5.24. The number of amides is 1. The summed E-state index contributed by atoms with van der Waals surface area (Å²) in [5.74, 6) is 0.630. The lowest BCUT2D eigenvalue weighted by Gasteiger charge is -2.26. The number of halogens is 1. The highest BCUT2D eigenvalue weighted by Gasteiger charge is 2.25. The molecule has 0 fully saturated rings. The molecule has 7 heteroatoms. The van der Waals surface area contributed by atoms with Gasteiger partial charge in [0.15, 0.2) is 0 Å². The highest BCUT2D eigenvalue weighted by molar-refractivity contribution is 7.13. The van der Waals surface area contributed by atoms with Crippen LogP contribution in [0.1, 0.15) is 34.2 Å². The zero-order chi connectivity index (χ0) is 19.4. The Labute approximate surface area is 167 Å². The number of carbonyl (C=O) groups excluding carboxylic acids is 1. The van der Waals surface area contributed by atoms with Gasteiger partial charge in [-0.3, -0.25) is 9.78 Å². The molecular weight excluding hydrogens is 382 g/mol. The standard InChI is InChI=1S/C20H20ClN3O2S/c1-13(2)24(16-5-4-10-22-11-16)20(25)19-14(3)23-18(27-19)12-26-17-8-6-15(21)7-9-17/h4-11,13H,12H2,1-3H3. The summed E-state index contributed by atoms with van der Waals surface area (Å²) in [5, 5.41) is 1.41. The van der Waals surface area contributed by atoms with Crippen LogP contribution in [0.15, 0.2) is 48.8 Å². The predicted octanol–water partition coefficient (Wildman–Crippen LogP) is 5.13. The van der Waals surface area contributed by atoms with Crippen molar-refractivity contribution in [2.45, 2.75) is 33.4 Å². The molecule has 0 unspecified atom stereocenters. The number of hydrogen-bond acceptors (Lipinski definition) is 5. The van der Waals surface area contributed by atoms with E-state index in [4.69, 9.17) is 16.3 Å². The van der Waals surface area contributed by atoms with E-state index in [1.54, 1.807) is 41.6 Å². The van der Waals surface area contributed by atoms with Gasteiger partial charge >= 0.3 is 0 Å². The van der Waals surface area contributed by atoms with Crippen LogP contribution in [0.2, 0.25) is 5.02 Å². The topological polar surface area (TPSA) is 55.3 Å². The van der Waals surface area contributed by atoms with Crippen molar-refractivity contribution in [3.8, 4) is 5.75 Å². The summed E-state index contributed by atoms with van der Waals surface area (Å²) in [4.78, 5) is 24.1. The molecule has 140 valence electrons. The number of ether oxygens (including phenoxy) is 1. The van der Waals surface area contributed by atoms with Gasteiger partial charge in [-0.25, -0.2) is 4.98 Å². The molecule has 0 aliphatic carbocycles. The Balaban J connectivity index is 1.78. The third kappa shape index (κ3) is 4.64. The first kappa shape index (κ1) is 19.3. The summed E-state index contributed by atoms with van der Waals surface area (Å²) in [5.41, 5.74) is 1.47. The maximum atomic E-state index is 13.1. The van der Waals surface area contributed by atoms with E-state index in [0.29, 0.717) is 28.0 Å². The zero-order valence-corrected chi connectivity index (χ0v) is 16.9. The van der Waals surface area contributed by atoms with Crippen molar-refractivity contribution in [2.75, 3.05) is 4.90 Å². The van der Waals surface area contributed by atoms with Gasteiger partial charge in [-0.1, -0.05) is 11.6 Å². The summed E-state index contributed by atoms with van der Waals surface area (Å²) in [7, 11) is 0. The highest BCUT2D eigenvalue weighted by atomic mass is 35.5. The van der Waals surface area contributed by atoms with Crippen molar-refractivity contribution in [2.24, 2.45) is 0 Å². The van der Waals surface area contributed by atoms with Gasteiger partial charge in [0.1, 0.15) is 22.2 Å². The molecule has 0 atom stereocenters. The van der Waals surface area contributed by atoms with E-state index in [2.05, 4.69) is 9.97 Å². The molecule has 0 aliphatic heterocycles. The molecule has 0 saturated carbocycles. The number of anilines is 1. The number of nitrogens with zero attached hydrogens (tertiary/aromatic N) is 3. The van der Waals surface area contributed by atoms with E-state index in [1.165, 1.54) is 11.3 Å². The van der Waals surface area contributed by atoms with E-state index in [0.717, 1.165) is 10.7 Å². The van der Waals surface area contributed by atoms with Crippen LogP contribution >= 0.6 is 22.9 Å². The maximum absolute atomic E-state index is 13.1. The summed E-state index contributed by atoms with van der Waals surface area (Å²) in [6.07, 6.45) is 3.38. The minimum atomic E-state index is -0.0780. The van der Waals surface area contributed by atoms with Crippen LogP contribution in [0, 0.1) is 6.92 Å². The molecule has 0 saturated heterocycles. The van der Waals surface area contributed by atoms with Crippen LogP contribution in [0.5, 0.6) is 5.75 Å². The Morgan fingerprint density at radius 3 is 2.63 bits per heavy atom. The quantitative estimate of drug-likeness (QED) is 0.574. The fraction of sp³-hybridized carbons (Fsp3) is 0.250. The molecule has 0 spiro atoms. The van der Waals surface area contributed by atoms with E-state index in [-0.39, 0.29) is 11.9 Å². The lowest BCUT2D eigenvalue weighted by atomic mass is 10.2. The molecule has 5 nitrogen and oxygen atoms in total. The van der Waals surface area contributed by atoms with Crippen LogP contribution < -0.4 is 9.64 Å². The molecule has 3 aromatic rings. The Morgan fingerprint density at radius 1 is 1.26 bits per heavy atom. The predicted molar refractivity (Wildman–Crippen MR) is 109 cm³/mol. The third-order valence-electron chi connectivity index (χ3n) is 3.87. The Hall–Kier alpha value is -2.44. The van der Waals surface area contributed by atoms with Gasteiger partial charge in [-0.05, 0) is 57.2 Å². The van der Waals surface area contributed by atoms with Crippen molar-refractivity contribution in [1.29, 1.82) is 0 Å². The van der Waals surface area contributed by atoms with E-state index >= 15 is 0 Å². The van der Waals surface area contributed by atoms with Gasteiger partial charge in [0.05, 0.1) is 17.6 Å². The van der Waals surface area contributed by atoms with Gasteiger partial charge in [0, 0.05) is 17.3 Å². The molecule has 0 radical (unpaired) electrons. The average Bonchev–Trinajstić information content (AvgIpc) is 3.03. The van der Waals surface area contributed by atoms with Crippen molar-refractivity contribution in [1.82, 2.24) is 9.97 Å². The number of rotatable bonds is 6. The van der Waals surface area contributed by atoms with Crippen molar-refractivity contribution in [3.05, 3.63) is 69.4 Å². The molecule has 2 aromatic heterocycles. The summed E-state index contributed by atoms with van der Waals surface area (Å²) >= 11 is 7.24. The Kier molecular flexibility index (Phi) is 6.08. The largest absolute Gasteiger partial charge is 0.486 e. The number of thiazole rings is 1. The number of aryl methyl sites for hydroxylation is 1. The SMILES string of the molecule is Cc1nc(COc2ccc(Cl)cc2)sc1C(=O)N(c1cccnc1)C(C)C. The molecule has 3 rings (SSSR count). The number of hydrogen-bond donors (Lipinski definition) is 0. The molecule has 1 aromatic carbocycles. The number of benzene rings is 1. The average molecular weight is 402 g/mol. The van der Waals surface area contributed by atoms with Crippen molar-refractivity contribution < 1.29 is 9.53 Å². The molecule has 2 heterocycles. The van der Waals surface area contributed by atoms with Crippen LogP contribution in [0.3, 0.4) is 0 Å². The van der Waals surface area contributed by atoms with E-state index in [1.807, 2.05) is 32.9 Å². The lowest BCUT2D eigenvalue weighted by Crippen LogP contribution is -2.37. The fourth-order valence-corrected chi connectivity index (χ4v) is 3.68. The first-order valence-corrected chi connectivity index (χ1v) is 9.73. The van der Waals surface area contributed by atoms with Crippen LogP contribution in [-0.2, 0) is 6.61 Å². The minimum Gasteiger partial charge on any atom is -0.486 e. The highest BCUT2D eigenvalue weighted by Crippen LogP contribution is 2.26. The smallest absolute Gasteiger partial charge is 0.270 e. The summed E-state index contributed by atoms with van der Waals surface area (Å²) in [6, 6.07) is 10.8. The summed E-state index contributed by atoms with van der Waals surface area (Å²) < 4.78 is 5.74. The van der Waals surface area contributed by atoms with Crippen molar-refractivity contribution in [3.63, 3.8) is 0 Å². The first-order chi connectivity index (χ1) is 13.0. The molecule has 1 amide bonds.